The number of thioether (sulfide) groups is 1. The van der Waals surface area contributed by atoms with Crippen molar-refractivity contribution < 1.29 is 36.9 Å². The highest BCUT2D eigenvalue weighted by Gasteiger charge is 2.54. The first-order valence-electron chi connectivity index (χ1n) is 9.12. The van der Waals surface area contributed by atoms with E-state index in [1.807, 2.05) is 0 Å². The summed E-state index contributed by atoms with van der Waals surface area (Å²) in [6, 6.07) is 3.40. The third-order valence-electron chi connectivity index (χ3n) is 4.84. The number of amides is 2. The van der Waals surface area contributed by atoms with Gasteiger partial charge in [-0.1, -0.05) is 12.1 Å². The summed E-state index contributed by atoms with van der Waals surface area (Å²) < 4.78 is 34.4. The predicted molar refractivity (Wildman–Crippen MR) is 109 cm³/mol. The third kappa shape index (κ3) is 4.99. The fraction of sp³-hybridized carbons (Fsp3) is 0.389. The van der Waals surface area contributed by atoms with Crippen molar-refractivity contribution in [3.05, 3.63) is 41.1 Å². The van der Waals surface area contributed by atoms with Gasteiger partial charge in [0.25, 0.3) is 5.91 Å². The average molecular weight is 474 g/mol. The molecule has 2 amide bonds. The lowest BCUT2D eigenvalue weighted by atomic mass is 10.0. The molecule has 1 aromatic rings. The number of β-lactam (4-membered cyclic amide) rings is 1. The Bertz CT molecular complexity index is 1040. The van der Waals surface area contributed by atoms with E-state index in [2.05, 4.69) is 10.6 Å². The zero-order chi connectivity index (χ0) is 22.9. The zero-order valence-electron chi connectivity index (χ0n) is 16.2. The number of phenols is 1. The lowest BCUT2D eigenvalue weighted by Crippen LogP contribution is -2.71. The number of benzene rings is 1. The predicted octanol–water partition coefficient (Wildman–Crippen LogP) is 0.0807. The minimum Gasteiger partial charge on any atom is -0.508 e. The minimum absolute atomic E-state index is 0.0546. The Morgan fingerprint density at radius 1 is 1.32 bits per heavy atom. The van der Waals surface area contributed by atoms with Crippen LogP contribution >= 0.6 is 11.8 Å². The molecule has 10 nitrogen and oxygen atoms in total. The summed E-state index contributed by atoms with van der Waals surface area (Å²) in [7, 11) is -4.75. The SMILES string of the molecule is CC1=C(C(=O)O)N2C(=O)[C@@H](NC(=O)[C@H](NCCS(=O)(=O)F)c3ccc(O)cc3)C2SC1. The van der Waals surface area contributed by atoms with Gasteiger partial charge in [-0.05, 0) is 30.2 Å². The van der Waals surface area contributed by atoms with Crippen molar-refractivity contribution in [3.63, 3.8) is 0 Å². The van der Waals surface area contributed by atoms with Crippen LogP contribution in [-0.4, -0.2) is 70.8 Å². The van der Waals surface area contributed by atoms with Crippen LogP contribution in [-0.2, 0) is 24.6 Å². The van der Waals surface area contributed by atoms with Crippen molar-refractivity contribution in [2.24, 2.45) is 0 Å². The zero-order valence-corrected chi connectivity index (χ0v) is 17.9. The molecule has 1 unspecified atom stereocenters. The molecule has 3 rings (SSSR count). The number of carboxylic acid groups (broad SMARTS) is 1. The highest BCUT2D eigenvalue weighted by molar-refractivity contribution is 8.00. The van der Waals surface area contributed by atoms with E-state index in [4.69, 9.17) is 0 Å². The summed E-state index contributed by atoms with van der Waals surface area (Å²) in [5.41, 5.74) is 0.803. The van der Waals surface area contributed by atoms with Gasteiger partial charge in [0.2, 0.25) is 5.91 Å². The van der Waals surface area contributed by atoms with Crippen molar-refractivity contribution in [3.8, 4) is 5.75 Å². The van der Waals surface area contributed by atoms with E-state index in [1.54, 1.807) is 6.92 Å². The van der Waals surface area contributed by atoms with Crippen molar-refractivity contribution in [2.75, 3.05) is 18.1 Å². The number of carboxylic acids is 1. The van der Waals surface area contributed by atoms with Gasteiger partial charge in [-0.15, -0.1) is 15.6 Å². The van der Waals surface area contributed by atoms with E-state index < -0.39 is 51.2 Å². The topological polar surface area (TPSA) is 153 Å². The highest BCUT2D eigenvalue weighted by atomic mass is 32.3. The van der Waals surface area contributed by atoms with Crippen LogP contribution in [0.1, 0.15) is 18.5 Å². The number of carbonyl (C=O) groups excluding carboxylic acids is 2. The second kappa shape index (κ2) is 8.85. The molecule has 1 saturated heterocycles. The molecule has 3 atom stereocenters. The molecule has 31 heavy (non-hydrogen) atoms. The van der Waals surface area contributed by atoms with Crippen LogP contribution in [0.5, 0.6) is 5.75 Å². The van der Waals surface area contributed by atoms with Gasteiger partial charge in [-0.3, -0.25) is 14.5 Å². The summed E-state index contributed by atoms with van der Waals surface area (Å²) in [6.45, 7) is 1.25. The first-order chi connectivity index (χ1) is 14.5. The van der Waals surface area contributed by atoms with E-state index in [-0.39, 0.29) is 18.0 Å². The molecule has 2 aliphatic rings. The first kappa shape index (κ1) is 23.0. The van der Waals surface area contributed by atoms with E-state index >= 15 is 0 Å². The number of phenolic OH excluding ortho intramolecular Hbond substituents is 1. The fourth-order valence-corrected chi connectivity index (χ4v) is 5.02. The van der Waals surface area contributed by atoms with Gasteiger partial charge >= 0.3 is 16.2 Å². The maximum Gasteiger partial charge on any atom is 0.352 e. The molecule has 168 valence electrons. The van der Waals surface area contributed by atoms with Crippen LogP contribution < -0.4 is 10.6 Å². The molecule has 13 heteroatoms. The smallest absolute Gasteiger partial charge is 0.352 e. The molecule has 1 aromatic carbocycles. The van der Waals surface area contributed by atoms with Crippen LogP contribution in [0.3, 0.4) is 0 Å². The maximum atomic E-state index is 12.9. The molecule has 0 spiro atoms. The molecule has 4 N–H and O–H groups in total. The third-order valence-corrected chi connectivity index (χ3v) is 6.96. The quantitative estimate of drug-likeness (QED) is 0.304. The number of rotatable bonds is 8. The monoisotopic (exact) mass is 473 g/mol. The van der Waals surface area contributed by atoms with Gasteiger partial charge in [0.1, 0.15) is 28.9 Å². The number of aromatic hydroxyl groups is 1. The van der Waals surface area contributed by atoms with Crippen LogP contribution in [0.2, 0.25) is 0 Å². The number of nitrogens with one attached hydrogen (secondary N) is 2. The van der Waals surface area contributed by atoms with Crippen molar-refractivity contribution in [1.29, 1.82) is 0 Å². The maximum absolute atomic E-state index is 12.9. The molecule has 2 heterocycles. The Hall–Kier alpha value is -2.64. The summed E-state index contributed by atoms with van der Waals surface area (Å²) in [5.74, 6) is -2.99. The minimum atomic E-state index is -4.75. The average Bonchev–Trinajstić information content (AvgIpc) is 2.69. The van der Waals surface area contributed by atoms with E-state index in [0.717, 1.165) is 4.90 Å². The van der Waals surface area contributed by atoms with Gasteiger partial charge in [-0.2, -0.15) is 8.42 Å². The van der Waals surface area contributed by atoms with Gasteiger partial charge in [-0.25, -0.2) is 4.79 Å². The van der Waals surface area contributed by atoms with Crippen LogP contribution in [0.4, 0.5) is 3.89 Å². The standard InChI is InChI=1S/C18H20FN3O7S2/c1-9-8-30-17-13(16(25)22(17)14(9)18(26)27)21-15(24)12(20-6-7-31(19,28)29)10-2-4-11(23)5-3-10/h2-5,12-13,17,20,23H,6-8H2,1H3,(H,21,24)(H,26,27)/t12-,13-,17?/m1/s1. The molecule has 0 bridgehead atoms. The largest absolute Gasteiger partial charge is 0.508 e. The normalized spacial score (nSPS) is 21.9. The number of nitrogens with zero attached hydrogens (tertiary/aromatic N) is 1. The molecule has 2 aliphatic heterocycles. The van der Waals surface area contributed by atoms with Crippen LogP contribution in [0.15, 0.2) is 35.5 Å². The summed E-state index contributed by atoms with van der Waals surface area (Å²) in [4.78, 5) is 38.1. The van der Waals surface area contributed by atoms with Crippen molar-refractivity contribution >= 4 is 39.8 Å². The van der Waals surface area contributed by atoms with E-state index in [9.17, 15) is 36.9 Å². The Morgan fingerprint density at radius 3 is 2.55 bits per heavy atom. The highest BCUT2D eigenvalue weighted by Crippen LogP contribution is 2.40. The Balaban J connectivity index is 1.75. The molecule has 1 fully saturated rings. The number of fused-ring (bicyclic) bond motifs is 1. The number of aliphatic carboxylic acids is 1. The Morgan fingerprint density at radius 2 is 1.97 bits per heavy atom. The van der Waals surface area contributed by atoms with Gasteiger partial charge in [0, 0.05) is 12.3 Å². The summed E-state index contributed by atoms with van der Waals surface area (Å²) in [6.07, 6.45) is 0. The van der Waals surface area contributed by atoms with E-state index in [1.165, 1.54) is 36.0 Å². The second-order valence-electron chi connectivity index (χ2n) is 7.05. The Labute approximate surface area is 181 Å². The van der Waals surface area contributed by atoms with Crippen molar-refractivity contribution in [1.82, 2.24) is 15.5 Å². The number of carbonyl (C=O) groups is 3. The number of halogens is 1. The lowest BCUT2D eigenvalue weighted by Gasteiger charge is -2.49. The van der Waals surface area contributed by atoms with Gasteiger partial charge in [0.05, 0.1) is 5.75 Å². The molecule has 0 aromatic heterocycles. The van der Waals surface area contributed by atoms with Crippen molar-refractivity contribution in [2.45, 2.75) is 24.4 Å². The summed E-state index contributed by atoms with van der Waals surface area (Å²) in [5, 5.41) is 23.5. The van der Waals surface area contributed by atoms with Crippen LogP contribution in [0.25, 0.3) is 0 Å². The lowest BCUT2D eigenvalue weighted by molar-refractivity contribution is -0.151. The molecule has 0 radical (unpaired) electrons. The fourth-order valence-electron chi connectivity index (χ4n) is 3.37. The molecular formula is C18H20FN3O7S2. The second-order valence-corrected chi connectivity index (χ2v) is 9.64. The van der Waals surface area contributed by atoms with Gasteiger partial charge in [0.15, 0.2) is 0 Å². The summed E-state index contributed by atoms with van der Waals surface area (Å²) >= 11 is 1.31. The molecule has 0 aliphatic carbocycles. The molecule has 0 saturated carbocycles. The molecular weight excluding hydrogens is 453 g/mol. The Kier molecular flexibility index (Phi) is 6.57. The number of hydrogen-bond acceptors (Lipinski definition) is 8. The van der Waals surface area contributed by atoms with E-state index in [0.29, 0.717) is 16.9 Å². The number of hydrogen-bond donors (Lipinski definition) is 4. The van der Waals surface area contributed by atoms with Crippen LogP contribution in [0, 0.1) is 0 Å². The van der Waals surface area contributed by atoms with Gasteiger partial charge < -0.3 is 20.8 Å². The first-order valence-corrected chi connectivity index (χ1v) is 11.7.